The highest BCUT2D eigenvalue weighted by molar-refractivity contribution is 5.76. The van der Waals surface area contributed by atoms with E-state index in [9.17, 15) is 4.79 Å². The maximum Gasteiger partial charge on any atom is 0.310 e. The van der Waals surface area contributed by atoms with Gasteiger partial charge in [-0.05, 0) is 24.5 Å². The maximum absolute atomic E-state index is 10.9. The Labute approximate surface area is 78.2 Å². The van der Waals surface area contributed by atoms with Gasteiger partial charge < -0.3 is 5.11 Å². The second-order valence-corrected chi connectivity index (χ2v) is 3.16. The summed E-state index contributed by atoms with van der Waals surface area (Å²) >= 11 is 0. The first-order valence-electron chi connectivity index (χ1n) is 4.45. The summed E-state index contributed by atoms with van der Waals surface area (Å²) in [6.45, 7) is 3.84. The van der Waals surface area contributed by atoms with E-state index >= 15 is 0 Å². The third-order valence-corrected chi connectivity index (χ3v) is 2.27. The zero-order valence-corrected chi connectivity index (χ0v) is 7.95. The summed E-state index contributed by atoms with van der Waals surface area (Å²) in [6.07, 6.45) is 0.639. The largest absolute Gasteiger partial charge is 0.481 e. The van der Waals surface area contributed by atoms with E-state index in [1.54, 1.807) is 0 Å². The molecule has 0 aliphatic heterocycles. The first-order valence-corrected chi connectivity index (χ1v) is 4.45. The SMILES string of the molecule is CCC(C(=O)O)c1ccccc1C. The molecule has 0 aliphatic rings. The number of carboxylic acids is 1. The highest BCUT2D eigenvalue weighted by Gasteiger charge is 2.18. The van der Waals surface area contributed by atoms with Crippen molar-refractivity contribution in [2.24, 2.45) is 0 Å². The fourth-order valence-corrected chi connectivity index (χ4v) is 1.51. The average molecular weight is 178 g/mol. The molecule has 0 radical (unpaired) electrons. The first kappa shape index (κ1) is 9.78. The molecule has 1 aromatic carbocycles. The van der Waals surface area contributed by atoms with Crippen LogP contribution in [-0.2, 0) is 4.79 Å². The third-order valence-electron chi connectivity index (χ3n) is 2.27. The lowest BCUT2D eigenvalue weighted by atomic mass is 9.93. The summed E-state index contributed by atoms with van der Waals surface area (Å²) in [5, 5.41) is 8.95. The maximum atomic E-state index is 10.9. The molecule has 0 aromatic heterocycles. The van der Waals surface area contributed by atoms with Crippen molar-refractivity contribution in [3.05, 3.63) is 35.4 Å². The lowest BCUT2D eigenvalue weighted by Gasteiger charge is -2.12. The summed E-state index contributed by atoms with van der Waals surface area (Å²) in [6, 6.07) is 7.64. The molecule has 0 bridgehead atoms. The van der Waals surface area contributed by atoms with Gasteiger partial charge in [-0.25, -0.2) is 0 Å². The summed E-state index contributed by atoms with van der Waals surface area (Å²) < 4.78 is 0. The van der Waals surface area contributed by atoms with Crippen LogP contribution in [0.2, 0.25) is 0 Å². The molecule has 0 heterocycles. The van der Waals surface area contributed by atoms with E-state index in [2.05, 4.69) is 0 Å². The first-order chi connectivity index (χ1) is 6.16. The Bertz CT molecular complexity index is 305. The molecule has 0 saturated heterocycles. The molecule has 1 atom stereocenters. The van der Waals surface area contributed by atoms with E-state index in [0.717, 1.165) is 11.1 Å². The predicted octanol–water partition coefficient (Wildman–Crippen LogP) is 2.57. The molecular formula is C11H14O2. The third kappa shape index (κ3) is 2.08. The number of carboxylic acid groups (broad SMARTS) is 1. The Balaban J connectivity index is 3.04. The van der Waals surface area contributed by atoms with E-state index < -0.39 is 5.97 Å². The number of benzene rings is 1. The lowest BCUT2D eigenvalue weighted by molar-refractivity contribution is -0.138. The van der Waals surface area contributed by atoms with Gasteiger partial charge in [0.05, 0.1) is 5.92 Å². The number of aliphatic carboxylic acids is 1. The van der Waals surface area contributed by atoms with Crippen molar-refractivity contribution in [3.63, 3.8) is 0 Å². The zero-order chi connectivity index (χ0) is 9.84. The Hall–Kier alpha value is -1.31. The molecule has 1 rings (SSSR count). The molecule has 0 saturated carbocycles. The van der Waals surface area contributed by atoms with Crippen molar-refractivity contribution in [3.8, 4) is 0 Å². The Kier molecular flexibility index (Phi) is 3.07. The van der Waals surface area contributed by atoms with E-state index in [0.29, 0.717) is 6.42 Å². The standard InChI is InChI=1S/C11H14O2/c1-3-9(11(12)13)10-7-5-4-6-8(10)2/h4-7,9H,3H2,1-2H3,(H,12,13). The van der Waals surface area contributed by atoms with Crippen molar-refractivity contribution in [1.82, 2.24) is 0 Å². The van der Waals surface area contributed by atoms with Gasteiger partial charge in [-0.15, -0.1) is 0 Å². The predicted molar refractivity (Wildman–Crippen MR) is 51.8 cm³/mol. The van der Waals surface area contributed by atoms with Gasteiger partial charge in [0.1, 0.15) is 0 Å². The van der Waals surface area contributed by atoms with Crippen LogP contribution in [0.25, 0.3) is 0 Å². The topological polar surface area (TPSA) is 37.3 Å². The van der Waals surface area contributed by atoms with E-state index in [4.69, 9.17) is 5.11 Å². The van der Waals surface area contributed by atoms with E-state index in [1.807, 2.05) is 38.1 Å². The fourth-order valence-electron chi connectivity index (χ4n) is 1.51. The molecule has 1 aromatic rings. The average Bonchev–Trinajstić information content (AvgIpc) is 2.09. The molecular weight excluding hydrogens is 164 g/mol. The number of hydrogen-bond donors (Lipinski definition) is 1. The summed E-state index contributed by atoms with van der Waals surface area (Å²) in [5.41, 5.74) is 1.98. The highest BCUT2D eigenvalue weighted by Crippen LogP contribution is 2.22. The molecule has 0 fully saturated rings. The van der Waals surface area contributed by atoms with Crippen LogP contribution in [0.5, 0.6) is 0 Å². The minimum atomic E-state index is -0.739. The van der Waals surface area contributed by atoms with Crippen LogP contribution in [0.1, 0.15) is 30.4 Å². The highest BCUT2D eigenvalue weighted by atomic mass is 16.4. The monoisotopic (exact) mass is 178 g/mol. The molecule has 0 spiro atoms. The molecule has 2 heteroatoms. The van der Waals surface area contributed by atoms with Crippen LogP contribution in [0, 0.1) is 6.92 Å². The van der Waals surface area contributed by atoms with E-state index in [1.165, 1.54) is 0 Å². The van der Waals surface area contributed by atoms with Crippen LogP contribution in [0.3, 0.4) is 0 Å². The fraction of sp³-hybridized carbons (Fsp3) is 0.364. The van der Waals surface area contributed by atoms with E-state index in [-0.39, 0.29) is 5.92 Å². The van der Waals surface area contributed by atoms with Gasteiger partial charge in [0.15, 0.2) is 0 Å². The van der Waals surface area contributed by atoms with Gasteiger partial charge >= 0.3 is 5.97 Å². The molecule has 0 aliphatic carbocycles. The zero-order valence-electron chi connectivity index (χ0n) is 7.95. The van der Waals surface area contributed by atoms with Crippen LogP contribution < -0.4 is 0 Å². The smallest absolute Gasteiger partial charge is 0.310 e. The van der Waals surface area contributed by atoms with Gasteiger partial charge in [0.2, 0.25) is 0 Å². The summed E-state index contributed by atoms with van der Waals surface area (Å²) in [5.74, 6) is -1.10. The quantitative estimate of drug-likeness (QED) is 0.772. The Morgan fingerprint density at radius 1 is 1.46 bits per heavy atom. The summed E-state index contributed by atoms with van der Waals surface area (Å²) in [4.78, 5) is 10.9. The van der Waals surface area contributed by atoms with Gasteiger partial charge in [-0.1, -0.05) is 31.2 Å². The van der Waals surface area contributed by atoms with Gasteiger partial charge in [0.25, 0.3) is 0 Å². The van der Waals surface area contributed by atoms with Crippen molar-refractivity contribution < 1.29 is 9.90 Å². The second-order valence-electron chi connectivity index (χ2n) is 3.16. The van der Waals surface area contributed by atoms with Crippen molar-refractivity contribution >= 4 is 5.97 Å². The molecule has 70 valence electrons. The lowest BCUT2D eigenvalue weighted by Crippen LogP contribution is -2.11. The summed E-state index contributed by atoms with van der Waals surface area (Å²) in [7, 11) is 0. The van der Waals surface area contributed by atoms with Crippen molar-refractivity contribution in [2.75, 3.05) is 0 Å². The van der Waals surface area contributed by atoms with Gasteiger partial charge in [-0.2, -0.15) is 0 Å². The van der Waals surface area contributed by atoms with Crippen LogP contribution in [0.15, 0.2) is 24.3 Å². The minimum Gasteiger partial charge on any atom is -0.481 e. The minimum absolute atomic E-state index is 0.360. The molecule has 13 heavy (non-hydrogen) atoms. The Morgan fingerprint density at radius 2 is 2.08 bits per heavy atom. The molecule has 2 nitrogen and oxygen atoms in total. The van der Waals surface area contributed by atoms with Crippen LogP contribution >= 0.6 is 0 Å². The normalized spacial score (nSPS) is 12.5. The number of hydrogen-bond acceptors (Lipinski definition) is 1. The van der Waals surface area contributed by atoms with Crippen molar-refractivity contribution in [1.29, 1.82) is 0 Å². The Morgan fingerprint density at radius 3 is 2.54 bits per heavy atom. The van der Waals surface area contributed by atoms with Crippen LogP contribution in [-0.4, -0.2) is 11.1 Å². The molecule has 0 amide bonds. The van der Waals surface area contributed by atoms with Gasteiger partial charge in [0, 0.05) is 0 Å². The van der Waals surface area contributed by atoms with Gasteiger partial charge in [-0.3, -0.25) is 4.79 Å². The molecule has 1 N–H and O–H groups in total. The number of rotatable bonds is 3. The second kappa shape index (κ2) is 4.08. The molecule has 1 unspecified atom stereocenters. The number of aryl methyl sites for hydroxylation is 1. The van der Waals surface area contributed by atoms with Crippen molar-refractivity contribution in [2.45, 2.75) is 26.2 Å². The number of carbonyl (C=O) groups is 1. The van der Waals surface area contributed by atoms with Crippen LogP contribution in [0.4, 0.5) is 0 Å².